The van der Waals surface area contributed by atoms with Gasteiger partial charge in [-0.2, -0.15) is 0 Å². The molecular formula is C73H45NO. The van der Waals surface area contributed by atoms with Crippen molar-refractivity contribution in [3.05, 3.63) is 295 Å². The lowest BCUT2D eigenvalue weighted by molar-refractivity contribution is 0.669. The van der Waals surface area contributed by atoms with Crippen LogP contribution in [-0.4, -0.2) is 0 Å². The Morgan fingerprint density at radius 3 is 1.59 bits per heavy atom. The number of hydrogen-bond acceptors (Lipinski definition) is 2. The molecule has 0 amide bonds. The summed E-state index contributed by atoms with van der Waals surface area (Å²) >= 11 is 0. The molecule has 13 aromatic carbocycles. The Hall–Kier alpha value is -9.76. The minimum atomic E-state index is -0.457. The van der Waals surface area contributed by atoms with Crippen LogP contribution in [-0.2, 0) is 5.41 Å². The summed E-state index contributed by atoms with van der Waals surface area (Å²) in [6, 6.07) is 101. The van der Waals surface area contributed by atoms with Crippen LogP contribution < -0.4 is 4.90 Å². The van der Waals surface area contributed by atoms with Gasteiger partial charge in [-0.3, -0.25) is 0 Å². The highest BCUT2D eigenvalue weighted by molar-refractivity contribution is 6.16. The van der Waals surface area contributed by atoms with Crippen molar-refractivity contribution < 1.29 is 4.42 Å². The second kappa shape index (κ2) is 16.1. The van der Waals surface area contributed by atoms with E-state index in [1.807, 2.05) is 0 Å². The molecule has 0 saturated heterocycles. The van der Waals surface area contributed by atoms with Gasteiger partial charge in [0.25, 0.3) is 0 Å². The molecule has 75 heavy (non-hydrogen) atoms. The molecule has 0 saturated carbocycles. The van der Waals surface area contributed by atoms with Crippen LogP contribution in [0.2, 0.25) is 0 Å². The highest BCUT2D eigenvalue weighted by Crippen LogP contribution is 2.63. The average molecular weight is 952 g/mol. The molecule has 2 aliphatic carbocycles. The van der Waals surface area contributed by atoms with Crippen LogP contribution in [0.25, 0.3) is 110 Å². The zero-order chi connectivity index (χ0) is 49.2. The SMILES string of the molecule is c1ccc(-c2cccc(-c3cccc(N(c4ccc5c(c4)-c4ccccc4C54c5ccccc5-c5ccccc54)c4cc5ccccc5c5ccccc45)c3-c3ccc4oc5cc6ccccc6cc5c4c3)c2)cc1. The molecule has 0 unspecified atom stereocenters. The summed E-state index contributed by atoms with van der Waals surface area (Å²) in [5.41, 5.74) is 21.9. The van der Waals surface area contributed by atoms with E-state index >= 15 is 0 Å². The summed E-state index contributed by atoms with van der Waals surface area (Å²) in [6.45, 7) is 0. The fraction of sp³-hybridized carbons (Fsp3) is 0.0137. The predicted molar refractivity (Wildman–Crippen MR) is 314 cm³/mol. The van der Waals surface area contributed by atoms with Gasteiger partial charge in [-0.05, 0) is 154 Å². The lowest BCUT2D eigenvalue weighted by Gasteiger charge is -2.32. The van der Waals surface area contributed by atoms with Gasteiger partial charge in [0, 0.05) is 27.4 Å². The number of nitrogens with zero attached hydrogens (tertiary/aromatic N) is 1. The number of fused-ring (bicyclic) bond motifs is 17. The number of anilines is 3. The average Bonchev–Trinajstić information content (AvgIpc) is 4.13. The molecule has 0 radical (unpaired) electrons. The van der Waals surface area contributed by atoms with E-state index < -0.39 is 5.41 Å². The lowest BCUT2D eigenvalue weighted by atomic mass is 9.70. The summed E-state index contributed by atoms with van der Waals surface area (Å²) in [4.78, 5) is 2.56. The summed E-state index contributed by atoms with van der Waals surface area (Å²) in [6.07, 6.45) is 0. The van der Waals surface area contributed by atoms with Gasteiger partial charge in [0.1, 0.15) is 11.2 Å². The second-order valence-electron chi connectivity index (χ2n) is 20.3. The van der Waals surface area contributed by atoms with Crippen molar-refractivity contribution in [1.29, 1.82) is 0 Å². The standard InChI is InChI=1S/C73H45NO/c1-2-18-46(19-3-1)47-23-16-24-50(40-47)55-31-17-35-68(72(55)52-36-39-70-62(42-52)63-41-48-20-4-5-21-49(48)44-71(63)75-70)74(69-43-51-22-6-7-25-54(51)56-26-8-9-30-60(56)69)53-37-38-67-61(45-53)59-29-12-15-34-66(59)73(67)64-32-13-10-27-57(64)58-28-11-14-33-65(58)73/h1-45H. The summed E-state index contributed by atoms with van der Waals surface area (Å²) in [5.74, 6) is 0. The minimum absolute atomic E-state index is 0.457. The molecule has 1 aromatic heterocycles. The van der Waals surface area contributed by atoms with E-state index in [2.05, 4.69) is 278 Å². The molecule has 2 aliphatic rings. The third kappa shape index (κ3) is 6.08. The van der Waals surface area contributed by atoms with Gasteiger partial charge in [-0.1, -0.05) is 218 Å². The van der Waals surface area contributed by atoms with Crippen molar-refractivity contribution in [2.75, 3.05) is 4.90 Å². The molecule has 0 bridgehead atoms. The molecule has 16 rings (SSSR count). The van der Waals surface area contributed by atoms with Gasteiger partial charge in [-0.25, -0.2) is 0 Å². The van der Waals surface area contributed by atoms with Gasteiger partial charge >= 0.3 is 0 Å². The van der Waals surface area contributed by atoms with E-state index in [0.717, 1.165) is 66.6 Å². The fourth-order valence-electron chi connectivity index (χ4n) is 13.2. The highest BCUT2D eigenvalue weighted by Gasteiger charge is 2.51. The number of benzene rings is 13. The maximum atomic E-state index is 6.68. The van der Waals surface area contributed by atoms with Crippen molar-refractivity contribution in [2.45, 2.75) is 5.41 Å². The number of rotatable bonds is 6. The Kier molecular flexibility index (Phi) is 8.99. The molecule has 2 heteroatoms. The molecule has 348 valence electrons. The van der Waals surface area contributed by atoms with Gasteiger partial charge in [0.05, 0.1) is 16.8 Å². The number of furan rings is 1. The van der Waals surface area contributed by atoms with E-state index in [9.17, 15) is 0 Å². The third-order valence-electron chi connectivity index (χ3n) is 16.4. The van der Waals surface area contributed by atoms with Crippen LogP contribution in [0.4, 0.5) is 17.1 Å². The zero-order valence-corrected chi connectivity index (χ0v) is 40.8. The number of hydrogen-bond donors (Lipinski definition) is 0. The Morgan fingerprint density at radius 1 is 0.267 bits per heavy atom. The molecule has 0 aliphatic heterocycles. The smallest absolute Gasteiger partial charge is 0.136 e. The van der Waals surface area contributed by atoms with Gasteiger partial charge in [0.2, 0.25) is 0 Å². The summed E-state index contributed by atoms with van der Waals surface area (Å²) in [7, 11) is 0. The molecule has 1 spiro atoms. The second-order valence-corrected chi connectivity index (χ2v) is 20.3. The van der Waals surface area contributed by atoms with Gasteiger partial charge in [-0.15, -0.1) is 0 Å². The maximum absolute atomic E-state index is 6.68. The van der Waals surface area contributed by atoms with Gasteiger partial charge in [0.15, 0.2) is 0 Å². The monoisotopic (exact) mass is 951 g/mol. The highest BCUT2D eigenvalue weighted by atomic mass is 16.3. The normalized spacial score (nSPS) is 12.9. The lowest BCUT2D eigenvalue weighted by Crippen LogP contribution is -2.25. The van der Waals surface area contributed by atoms with Gasteiger partial charge < -0.3 is 9.32 Å². The van der Waals surface area contributed by atoms with E-state index in [0.29, 0.717) is 0 Å². The van der Waals surface area contributed by atoms with Crippen LogP contribution >= 0.6 is 0 Å². The largest absolute Gasteiger partial charge is 0.456 e. The molecule has 14 aromatic rings. The Labute approximate surface area is 434 Å². The molecule has 1 heterocycles. The van der Waals surface area contributed by atoms with Crippen molar-refractivity contribution >= 4 is 71.3 Å². The third-order valence-corrected chi connectivity index (χ3v) is 16.4. The molecule has 0 N–H and O–H groups in total. The summed E-state index contributed by atoms with van der Waals surface area (Å²) in [5, 5.41) is 9.36. The molecule has 0 atom stereocenters. The fourth-order valence-corrected chi connectivity index (χ4v) is 13.2. The minimum Gasteiger partial charge on any atom is -0.456 e. The molecular weight excluding hydrogens is 907 g/mol. The molecule has 0 fully saturated rings. The van der Waals surface area contributed by atoms with E-state index in [1.54, 1.807) is 0 Å². The van der Waals surface area contributed by atoms with E-state index in [4.69, 9.17) is 4.42 Å². The van der Waals surface area contributed by atoms with Crippen molar-refractivity contribution in [3.8, 4) is 55.6 Å². The van der Waals surface area contributed by atoms with Crippen LogP contribution in [0, 0.1) is 0 Å². The zero-order valence-electron chi connectivity index (χ0n) is 40.8. The van der Waals surface area contributed by atoms with Crippen LogP contribution in [0.15, 0.2) is 277 Å². The first-order chi connectivity index (χ1) is 37.2. The van der Waals surface area contributed by atoms with Crippen LogP contribution in [0.1, 0.15) is 22.3 Å². The first-order valence-corrected chi connectivity index (χ1v) is 26.0. The quantitative estimate of drug-likeness (QED) is 0.154. The predicted octanol–water partition coefficient (Wildman–Crippen LogP) is 19.9. The molecule has 2 nitrogen and oxygen atoms in total. The van der Waals surface area contributed by atoms with Crippen LogP contribution in [0.5, 0.6) is 0 Å². The topological polar surface area (TPSA) is 16.4 Å². The summed E-state index contributed by atoms with van der Waals surface area (Å²) < 4.78 is 6.68. The first kappa shape index (κ1) is 41.8. The first-order valence-electron chi connectivity index (χ1n) is 26.0. The Bertz CT molecular complexity index is 4630. The van der Waals surface area contributed by atoms with Crippen LogP contribution in [0.3, 0.4) is 0 Å². The Morgan fingerprint density at radius 2 is 0.827 bits per heavy atom. The van der Waals surface area contributed by atoms with E-state index in [1.165, 1.54) is 82.6 Å². The van der Waals surface area contributed by atoms with Crippen molar-refractivity contribution in [2.24, 2.45) is 0 Å². The maximum Gasteiger partial charge on any atom is 0.136 e. The Balaban J connectivity index is 1.01. The van der Waals surface area contributed by atoms with Crippen molar-refractivity contribution in [3.63, 3.8) is 0 Å². The van der Waals surface area contributed by atoms with E-state index in [-0.39, 0.29) is 0 Å². The van der Waals surface area contributed by atoms with Crippen molar-refractivity contribution in [1.82, 2.24) is 0 Å².